The van der Waals surface area contributed by atoms with Gasteiger partial charge in [-0.15, -0.1) is 0 Å². The molecule has 0 radical (unpaired) electrons. The highest BCUT2D eigenvalue weighted by Crippen LogP contribution is 2.00. The van der Waals surface area contributed by atoms with E-state index < -0.39 is 5.72 Å². The van der Waals surface area contributed by atoms with Crippen LogP contribution in [0.15, 0.2) is 0 Å². The SMILES string of the molecule is CCC(=O)C(C)(O)NC. The van der Waals surface area contributed by atoms with Gasteiger partial charge in [-0.3, -0.25) is 10.1 Å². The second kappa shape index (κ2) is 2.94. The zero-order valence-electron chi connectivity index (χ0n) is 6.06. The lowest BCUT2D eigenvalue weighted by atomic mass is 10.1. The molecular weight excluding hydrogens is 118 g/mol. The quantitative estimate of drug-likeness (QED) is 0.525. The van der Waals surface area contributed by atoms with E-state index in [2.05, 4.69) is 5.32 Å². The number of hydrogen-bond donors (Lipinski definition) is 2. The van der Waals surface area contributed by atoms with Gasteiger partial charge in [0.2, 0.25) is 0 Å². The van der Waals surface area contributed by atoms with Gasteiger partial charge in [-0.2, -0.15) is 0 Å². The minimum absolute atomic E-state index is 0.190. The zero-order valence-corrected chi connectivity index (χ0v) is 6.06. The molecule has 0 rings (SSSR count). The monoisotopic (exact) mass is 131 g/mol. The maximum Gasteiger partial charge on any atom is 0.178 e. The van der Waals surface area contributed by atoms with Crippen LogP contribution in [0.4, 0.5) is 0 Å². The predicted octanol–water partition coefficient (Wildman–Crippen LogP) is -0.107. The molecule has 0 aromatic carbocycles. The number of carbonyl (C=O) groups excluding carboxylic acids is 1. The van der Waals surface area contributed by atoms with Crippen LogP contribution in [-0.4, -0.2) is 23.7 Å². The van der Waals surface area contributed by atoms with Gasteiger partial charge in [-0.05, 0) is 14.0 Å². The number of hydrogen-bond acceptors (Lipinski definition) is 3. The Morgan fingerprint density at radius 2 is 2.22 bits per heavy atom. The molecule has 0 spiro atoms. The fourth-order valence-corrected chi connectivity index (χ4v) is 0.484. The summed E-state index contributed by atoms with van der Waals surface area (Å²) in [5.74, 6) is -0.190. The summed E-state index contributed by atoms with van der Waals surface area (Å²) in [6, 6.07) is 0. The van der Waals surface area contributed by atoms with Crippen LogP contribution in [0.3, 0.4) is 0 Å². The summed E-state index contributed by atoms with van der Waals surface area (Å²) in [4.78, 5) is 10.8. The molecule has 0 aliphatic rings. The Balaban J connectivity index is 3.97. The summed E-state index contributed by atoms with van der Waals surface area (Å²) in [7, 11) is 1.55. The molecule has 0 aliphatic carbocycles. The van der Waals surface area contributed by atoms with Crippen LogP contribution in [-0.2, 0) is 4.79 Å². The van der Waals surface area contributed by atoms with E-state index in [4.69, 9.17) is 5.11 Å². The molecule has 0 saturated heterocycles. The molecule has 0 aromatic rings. The Bertz CT molecular complexity index is 110. The van der Waals surface area contributed by atoms with E-state index >= 15 is 0 Å². The van der Waals surface area contributed by atoms with Crippen molar-refractivity contribution in [2.45, 2.75) is 26.0 Å². The summed E-state index contributed by atoms with van der Waals surface area (Å²) >= 11 is 0. The van der Waals surface area contributed by atoms with Crippen molar-refractivity contribution in [3.63, 3.8) is 0 Å². The van der Waals surface area contributed by atoms with Crippen LogP contribution in [0.2, 0.25) is 0 Å². The summed E-state index contributed by atoms with van der Waals surface area (Å²) in [6.07, 6.45) is 0.355. The summed E-state index contributed by atoms with van der Waals surface area (Å²) in [5.41, 5.74) is -1.34. The summed E-state index contributed by atoms with van der Waals surface area (Å²) in [5, 5.41) is 11.6. The Morgan fingerprint density at radius 1 is 1.78 bits per heavy atom. The number of nitrogens with one attached hydrogen (secondary N) is 1. The molecule has 54 valence electrons. The van der Waals surface area contributed by atoms with Crippen molar-refractivity contribution >= 4 is 5.78 Å². The molecule has 0 bridgehead atoms. The molecule has 9 heavy (non-hydrogen) atoms. The van der Waals surface area contributed by atoms with Gasteiger partial charge in [0.15, 0.2) is 11.5 Å². The molecule has 0 saturated carbocycles. The average Bonchev–Trinajstić information content (AvgIpc) is 1.86. The first-order valence-corrected chi connectivity index (χ1v) is 2.99. The van der Waals surface area contributed by atoms with Gasteiger partial charge in [0.05, 0.1) is 0 Å². The average molecular weight is 131 g/mol. The van der Waals surface area contributed by atoms with Gasteiger partial charge in [0, 0.05) is 6.42 Å². The molecule has 2 N–H and O–H groups in total. The molecule has 0 aromatic heterocycles. The van der Waals surface area contributed by atoms with Crippen molar-refractivity contribution in [2.24, 2.45) is 0 Å². The summed E-state index contributed by atoms with van der Waals surface area (Å²) < 4.78 is 0. The highest BCUT2D eigenvalue weighted by molar-refractivity contribution is 5.85. The van der Waals surface area contributed by atoms with Gasteiger partial charge < -0.3 is 5.11 Å². The maximum atomic E-state index is 10.8. The molecule has 1 atom stereocenters. The Kier molecular flexibility index (Phi) is 2.81. The van der Waals surface area contributed by atoms with Crippen LogP contribution in [0.25, 0.3) is 0 Å². The van der Waals surface area contributed by atoms with E-state index in [9.17, 15) is 4.79 Å². The van der Waals surface area contributed by atoms with Gasteiger partial charge in [-0.1, -0.05) is 6.92 Å². The second-order valence-corrected chi connectivity index (χ2v) is 2.10. The minimum atomic E-state index is -1.34. The van der Waals surface area contributed by atoms with Crippen molar-refractivity contribution in [2.75, 3.05) is 7.05 Å². The minimum Gasteiger partial charge on any atom is -0.369 e. The van der Waals surface area contributed by atoms with E-state index in [1.54, 1.807) is 14.0 Å². The second-order valence-electron chi connectivity index (χ2n) is 2.10. The fraction of sp³-hybridized carbons (Fsp3) is 0.833. The highest BCUT2D eigenvalue weighted by atomic mass is 16.3. The van der Waals surface area contributed by atoms with Gasteiger partial charge in [0.1, 0.15) is 0 Å². The molecule has 0 heterocycles. The van der Waals surface area contributed by atoms with Crippen LogP contribution in [0.1, 0.15) is 20.3 Å². The Labute approximate surface area is 55.1 Å². The number of Topliss-reactive ketones (excluding diaryl/α,β-unsaturated/α-hetero) is 1. The highest BCUT2D eigenvalue weighted by Gasteiger charge is 2.24. The lowest BCUT2D eigenvalue weighted by Gasteiger charge is -2.19. The van der Waals surface area contributed by atoms with Crippen LogP contribution in [0.5, 0.6) is 0 Å². The third-order valence-electron chi connectivity index (χ3n) is 1.35. The summed E-state index contributed by atoms with van der Waals surface area (Å²) in [6.45, 7) is 3.16. The van der Waals surface area contributed by atoms with Crippen molar-refractivity contribution < 1.29 is 9.90 Å². The van der Waals surface area contributed by atoms with E-state index in [1.807, 2.05) is 0 Å². The number of likely N-dealkylation sites (N-methyl/N-ethyl adjacent to an activating group) is 1. The molecule has 0 fully saturated rings. The first kappa shape index (κ1) is 8.59. The molecule has 1 unspecified atom stereocenters. The zero-order chi connectivity index (χ0) is 7.49. The topological polar surface area (TPSA) is 49.3 Å². The first-order valence-electron chi connectivity index (χ1n) is 2.99. The van der Waals surface area contributed by atoms with E-state index in [0.29, 0.717) is 6.42 Å². The smallest absolute Gasteiger partial charge is 0.178 e. The van der Waals surface area contributed by atoms with E-state index in [-0.39, 0.29) is 5.78 Å². The number of carbonyl (C=O) groups is 1. The van der Waals surface area contributed by atoms with Crippen molar-refractivity contribution in [3.05, 3.63) is 0 Å². The van der Waals surface area contributed by atoms with Gasteiger partial charge in [0.25, 0.3) is 0 Å². The molecule has 3 nitrogen and oxygen atoms in total. The molecule has 0 aliphatic heterocycles. The van der Waals surface area contributed by atoms with Gasteiger partial charge in [-0.25, -0.2) is 0 Å². The molecule has 3 heteroatoms. The van der Waals surface area contributed by atoms with Crippen molar-refractivity contribution in [1.29, 1.82) is 0 Å². The lowest BCUT2D eigenvalue weighted by molar-refractivity contribution is -0.137. The van der Waals surface area contributed by atoms with Crippen molar-refractivity contribution in [1.82, 2.24) is 5.32 Å². The van der Waals surface area contributed by atoms with Crippen molar-refractivity contribution in [3.8, 4) is 0 Å². The van der Waals surface area contributed by atoms with E-state index in [0.717, 1.165) is 0 Å². The van der Waals surface area contributed by atoms with Crippen LogP contribution < -0.4 is 5.32 Å². The fourth-order valence-electron chi connectivity index (χ4n) is 0.484. The third kappa shape index (κ3) is 2.11. The standard InChI is InChI=1S/C6H13NO2/c1-4-5(8)6(2,9)7-3/h7,9H,4H2,1-3H3. The largest absolute Gasteiger partial charge is 0.369 e. The van der Waals surface area contributed by atoms with Crippen LogP contribution in [0, 0.1) is 0 Å². The number of rotatable bonds is 3. The maximum absolute atomic E-state index is 10.8. The Morgan fingerprint density at radius 3 is 2.33 bits per heavy atom. The molecular formula is C6H13NO2. The first-order chi connectivity index (χ1) is 4.04. The van der Waals surface area contributed by atoms with Gasteiger partial charge >= 0.3 is 0 Å². The lowest BCUT2D eigenvalue weighted by Crippen LogP contribution is -2.46. The third-order valence-corrected chi connectivity index (χ3v) is 1.35. The predicted molar refractivity (Wildman–Crippen MR) is 35.0 cm³/mol. The number of aliphatic hydroxyl groups is 1. The Hall–Kier alpha value is -0.410. The van der Waals surface area contributed by atoms with Crippen LogP contribution >= 0.6 is 0 Å². The van der Waals surface area contributed by atoms with E-state index in [1.165, 1.54) is 6.92 Å². The molecule has 0 amide bonds. The normalized spacial score (nSPS) is 16.9. The number of ketones is 1.